The summed E-state index contributed by atoms with van der Waals surface area (Å²) < 4.78 is 31.1. The van der Waals surface area contributed by atoms with E-state index in [1.165, 1.54) is 17.0 Å². The van der Waals surface area contributed by atoms with Crippen LogP contribution in [0, 0.1) is 11.6 Å². The predicted octanol–water partition coefficient (Wildman–Crippen LogP) is 2.48. The fraction of sp³-hybridized carbons (Fsp3) is 0.364. The molecule has 0 aromatic heterocycles. The number of carbonyl (C=O) groups excluding carboxylic acids is 1. The molecule has 2 rings (SSSR count). The normalized spacial score (nSPS) is 24.8. The van der Waals surface area contributed by atoms with Gasteiger partial charge in [0.05, 0.1) is 6.04 Å². The van der Waals surface area contributed by atoms with E-state index in [9.17, 15) is 13.6 Å². The number of halogens is 2. The summed E-state index contributed by atoms with van der Waals surface area (Å²) in [5.74, 6) is -1.35. The van der Waals surface area contributed by atoms with Crippen LogP contribution in [0.4, 0.5) is 13.6 Å². The highest BCUT2D eigenvalue weighted by molar-refractivity contribution is 5.70. The monoisotopic (exact) mass is 227 g/mol. The maximum Gasteiger partial charge on any atom is 0.410 e. The molecule has 0 saturated carbocycles. The lowest BCUT2D eigenvalue weighted by Gasteiger charge is -2.16. The van der Waals surface area contributed by atoms with Crippen LogP contribution in [0.3, 0.4) is 0 Å². The molecule has 86 valence electrons. The van der Waals surface area contributed by atoms with Crippen molar-refractivity contribution in [2.45, 2.75) is 19.1 Å². The summed E-state index contributed by atoms with van der Waals surface area (Å²) in [7, 11) is 1.59. The summed E-state index contributed by atoms with van der Waals surface area (Å²) in [6.45, 7) is 1.76. The minimum Gasteiger partial charge on any atom is -0.439 e. The second-order valence-electron chi connectivity index (χ2n) is 3.86. The highest BCUT2D eigenvalue weighted by Crippen LogP contribution is 2.31. The largest absolute Gasteiger partial charge is 0.439 e. The quantitative estimate of drug-likeness (QED) is 0.737. The van der Waals surface area contributed by atoms with Crippen molar-refractivity contribution in [3.05, 3.63) is 35.4 Å². The second kappa shape index (κ2) is 3.73. The van der Waals surface area contributed by atoms with Gasteiger partial charge in [0.25, 0.3) is 0 Å². The van der Waals surface area contributed by atoms with Crippen LogP contribution in [-0.4, -0.2) is 24.1 Å². The molecule has 1 heterocycles. The SMILES string of the molecule is C[C@H]1[C@@H](c2cc(F)cc(F)c2)OC(=O)N1C. The summed E-state index contributed by atoms with van der Waals surface area (Å²) in [5.41, 5.74) is 0.336. The van der Waals surface area contributed by atoms with E-state index in [-0.39, 0.29) is 6.04 Å². The molecule has 5 heteroatoms. The number of cyclic esters (lactones) is 1. The first-order valence-corrected chi connectivity index (χ1v) is 4.88. The Hall–Kier alpha value is -1.65. The summed E-state index contributed by atoms with van der Waals surface area (Å²) in [4.78, 5) is 12.7. The van der Waals surface area contributed by atoms with E-state index in [1.807, 2.05) is 0 Å². The van der Waals surface area contributed by atoms with E-state index in [0.29, 0.717) is 5.56 Å². The van der Waals surface area contributed by atoms with E-state index in [2.05, 4.69) is 0 Å². The number of hydrogen-bond acceptors (Lipinski definition) is 2. The number of hydrogen-bond donors (Lipinski definition) is 0. The number of nitrogens with zero attached hydrogens (tertiary/aromatic N) is 1. The number of carbonyl (C=O) groups is 1. The minimum atomic E-state index is -0.673. The molecule has 1 aromatic rings. The van der Waals surface area contributed by atoms with Crippen molar-refractivity contribution < 1.29 is 18.3 Å². The smallest absolute Gasteiger partial charge is 0.410 e. The Bertz CT molecular complexity index is 416. The van der Waals surface area contributed by atoms with Crippen molar-refractivity contribution in [3.63, 3.8) is 0 Å². The van der Waals surface area contributed by atoms with Crippen LogP contribution in [0.5, 0.6) is 0 Å². The van der Waals surface area contributed by atoms with Gasteiger partial charge in [0.15, 0.2) is 0 Å². The van der Waals surface area contributed by atoms with Crippen LogP contribution in [0.25, 0.3) is 0 Å². The van der Waals surface area contributed by atoms with Crippen LogP contribution in [-0.2, 0) is 4.74 Å². The first-order valence-electron chi connectivity index (χ1n) is 4.88. The molecule has 0 N–H and O–H groups in total. The fourth-order valence-corrected chi connectivity index (χ4v) is 1.75. The number of rotatable bonds is 1. The third-order valence-corrected chi connectivity index (χ3v) is 2.78. The molecular weight excluding hydrogens is 216 g/mol. The van der Waals surface area contributed by atoms with Gasteiger partial charge in [0, 0.05) is 18.7 Å². The molecular formula is C11H11F2NO2. The average Bonchev–Trinajstić information content (AvgIpc) is 2.44. The Labute approximate surface area is 91.6 Å². The Balaban J connectivity index is 2.35. The van der Waals surface area contributed by atoms with Gasteiger partial charge in [-0.15, -0.1) is 0 Å². The van der Waals surface area contributed by atoms with Crippen LogP contribution >= 0.6 is 0 Å². The first-order chi connectivity index (χ1) is 7.49. The first kappa shape index (κ1) is 10.9. The van der Waals surface area contributed by atoms with Crippen molar-refractivity contribution in [1.29, 1.82) is 0 Å². The molecule has 1 aromatic carbocycles. The highest BCUT2D eigenvalue weighted by atomic mass is 19.1. The topological polar surface area (TPSA) is 29.5 Å². The van der Waals surface area contributed by atoms with Crippen LogP contribution in [0.2, 0.25) is 0 Å². The maximum absolute atomic E-state index is 13.0. The van der Waals surface area contributed by atoms with Crippen molar-refractivity contribution in [2.75, 3.05) is 7.05 Å². The Morgan fingerprint density at radius 3 is 2.25 bits per heavy atom. The van der Waals surface area contributed by atoms with Crippen molar-refractivity contribution >= 4 is 6.09 Å². The molecule has 0 spiro atoms. The lowest BCUT2D eigenvalue weighted by molar-refractivity contribution is 0.131. The van der Waals surface area contributed by atoms with Crippen molar-refractivity contribution in [3.8, 4) is 0 Å². The molecule has 16 heavy (non-hydrogen) atoms. The predicted molar refractivity (Wildman–Crippen MR) is 52.8 cm³/mol. The molecule has 0 aliphatic carbocycles. The Kier molecular flexibility index (Phi) is 2.53. The van der Waals surface area contributed by atoms with Crippen LogP contribution < -0.4 is 0 Å². The average molecular weight is 227 g/mol. The van der Waals surface area contributed by atoms with Gasteiger partial charge in [-0.05, 0) is 19.1 Å². The van der Waals surface area contributed by atoms with Gasteiger partial charge in [-0.3, -0.25) is 0 Å². The van der Waals surface area contributed by atoms with Gasteiger partial charge >= 0.3 is 6.09 Å². The minimum absolute atomic E-state index is 0.242. The van der Waals surface area contributed by atoms with Gasteiger partial charge in [-0.2, -0.15) is 0 Å². The molecule has 1 saturated heterocycles. The molecule has 1 aliphatic heterocycles. The van der Waals surface area contributed by atoms with E-state index >= 15 is 0 Å². The second-order valence-corrected chi connectivity index (χ2v) is 3.86. The summed E-state index contributed by atoms with van der Waals surface area (Å²) in [6.07, 6.45) is -1.11. The highest BCUT2D eigenvalue weighted by Gasteiger charge is 2.37. The molecule has 1 fully saturated rings. The standard InChI is InChI=1S/C11H11F2NO2/c1-6-10(16-11(15)14(6)2)7-3-8(12)5-9(13)4-7/h3-6,10H,1-2H3/t6-,10-/m0/s1. The maximum atomic E-state index is 13.0. The molecule has 0 radical (unpaired) electrons. The lowest BCUT2D eigenvalue weighted by atomic mass is 10.0. The zero-order valence-electron chi connectivity index (χ0n) is 8.91. The van der Waals surface area contributed by atoms with Gasteiger partial charge < -0.3 is 9.64 Å². The Morgan fingerprint density at radius 2 is 1.81 bits per heavy atom. The molecule has 0 unspecified atom stereocenters. The fourth-order valence-electron chi connectivity index (χ4n) is 1.75. The third-order valence-electron chi connectivity index (χ3n) is 2.78. The molecule has 1 amide bonds. The van der Waals surface area contributed by atoms with E-state index in [0.717, 1.165) is 6.07 Å². The summed E-state index contributed by atoms with van der Waals surface area (Å²) in [5, 5.41) is 0. The number of likely N-dealkylation sites (N-methyl/N-ethyl adjacent to an activating group) is 1. The third kappa shape index (κ3) is 1.73. The molecule has 3 nitrogen and oxygen atoms in total. The Morgan fingerprint density at radius 1 is 1.25 bits per heavy atom. The summed E-state index contributed by atoms with van der Waals surface area (Å²) in [6, 6.07) is 2.90. The van der Waals surface area contributed by atoms with E-state index in [4.69, 9.17) is 4.74 Å². The molecule has 1 aliphatic rings. The molecule has 0 bridgehead atoms. The van der Waals surface area contributed by atoms with Crippen molar-refractivity contribution in [2.24, 2.45) is 0 Å². The van der Waals surface area contributed by atoms with Gasteiger partial charge in [0.2, 0.25) is 0 Å². The van der Waals surface area contributed by atoms with Gasteiger partial charge in [-0.1, -0.05) is 0 Å². The number of amides is 1. The molecule has 2 atom stereocenters. The van der Waals surface area contributed by atoms with E-state index < -0.39 is 23.8 Å². The number of benzene rings is 1. The van der Waals surface area contributed by atoms with Crippen molar-refractivity contribution in [1.82, 2.24) is 4.90 Å². The number of ether oxygens (including phenoxy) is 1. The lowest BCUT2D eigenvalue weighted by Crippen LogP contribution is -2.27. The zero-order valence-corrected chi connectivity index (χ0v) is 8.91. The van der Waals surface area contributed by atoms with Gasteiger partial charge in [-0.25, -0.2) is 13.6 Å². The zero-order chi connectivity index (χ0) is 11.9. The van der Waals surface area contributed by atoms with E-state index in [1.54, 1.807) is 14.0 Å². The summed E-state index contributed by atoms with van der Waals surface area (Å²) >= 11 is 0. The van der Waals surface area contributed by atoms with Gasteiger partial charge in [0.1, 0.15) is 17.7 Å². The van der Waals surface area contributed by atoms with Crippen LogP contribution in [0.1, 0.15) is 18.6 Å². The van der Waals surface area contributed by atoms with Crippen LogP contribution in [0.15, 0.2) is 18.2 Å².